The van der Waals surface area contributed by atoms with E-state index in [9.17, 15) is 14.7 Å². The van der Waals surface area contributed by atoms with Crippen LogP contribution in [0.1, 0.15) is 58.3 Å². The predicted molar refractivity (Wildman–Crippen MR) is 65.3 cm³/mol. The van der Waals surface area contributed by atoms with Gasteiger partial charge in [0.15, 0.2) is 0 Å². The van der Waals surface area contributed by atoms with Crippen LogP contribution >= 0.6 is 0 Å². The average Bonchev–Trinajstić information content (AvgIpc) is 2.26. The smallest absolute Gasteiger partial charge is 0.548 e. The van der Waals surface area contributed by atoms with Gasteiger partial charge in [0.05, 0.1) is 12.5 Å². The number of unbranched alkanes of at least 4 members (excludes halogenated alkanes) is 6. The van der Waals surface area contributed by atoms with Crippen molar-refractivity contribution in [3.05, 3.63) is 0 Å². The number of rotatable bonds is 10. The third kappa shape index (κ3) is 12.4. The van der Waals surface area contributed by atoms with Gasteiger partial charge in [0.2, 0.25) is 5.91 Å². The summed E-state index contributed by atoms with van der Waals surface area (Å²) in [6.45, 7) is 1.88. The number of hydrogen-bond donors (Lipinski definition) is 0. The minimum atomic E-state index is -1.21. The average molecular weight is 265 g/mol. The van der Waals surface area contributed by atoms with E-state index in [1.807, 2.05) is 0 Å². The molecule has 0 aromatic carbocycles. The molecule has 0 radical (unpaired) electrons. The molecule has 5 heteroatoms. The summed E-state index contributed by atoms with van der Waals surface area (Å²) in [5, 5.41) is 10.3. The molecule has 1 amide bonds. The van der Waals surface area contributed by atoms with E-state index in [0.717, 1.165) is 19.3 Å². The summed E-state index contributed by atoms with van der Waals surface area (Å²) in [4.78, 5) is 22.9. The number of carboxylic acid groups (broad SMARTS) is 1. The van der Waals surface area contributed by atoms with Crippen LogP contribution in [0.3, 0.4) is 0 Å². The number of carboxylic acids is 1. The Morgan fingerprint density at radius 3 is 2.00 bits per heavy atom. The van der Waals surface area contributed by atoms with Gasteiger partial charge in [-0.2, -0.15) is 0 Å². The van der Waals surface area contributed by atoms with E-state index in [4.69, 9.17) is 0 Å². The normalized spacial score (nSPS) is 9.67. The third-order valence-corrected chi connectivity index (χ3v) is 2.79. The molecule has 100 valence electrons. The van der Waals surface area contributed by atoms with E-state index < -0.39 is 5.97 Å². The molecule has 18 heavy (non-hydrogen) atoms. The van der Waals surface area contributed by atoms with Crippen molar-refractivity contribution in [2.45, 2.75) is 58.3 Å². The summed E-state index contributed by atoms with van der Waals surface area (Å²) < 4.78 is 0. The number of carbonyl (C=O) groups excluding carboxylic acids is 2. The van der Waals surface area contributed by atoms with Crippen molar-refractivity contribution >= 4 is 11.9 Å². The second kappa shape index (κ2) is 13.4. The minimum Gasteiger partial charge on any atom is -0.548 e. The topological polar surface area (TPSA) is 60.4 Å². The zero-order chi connectivity index (χ0) is 13.1. The zero-order valence-corrected chi connectivity index (χ0v) is 14.0. The number of amides is 1. The second-order valence-electron chi connectivity index (χ2n) is 4.49. The Kier molecular flexibility index (Phi) is 15.1. The first-order chi connectivity index (χ1) is 8.07. The van der Waals surface area contributed by atoms with Gasteiger partial charge in [0.1, 0.15) is 0 Å². The largest absolute Gasteiger partial charge is 1.00 e. The molecule has 4 nitrogen and oxygen atoms in total. The van der Waals surface area contributed by atoms with Crippen LogP contribution in [0.25, 0.3) is 0 Å². The first-order valence-electron chi connectivity index (χ1n) is 6.51. The van der Waals surface area contributed by atoms with Crippen molar-refractivity contribution in [3.8, 4) is 0 Å². The summed E-state index contributed by atoms with van der Waals surface area (Å²) >= 11 is 0. The van der Waals surface area contributed by atoms with Crippen LogP contribution in [0.5, 0.6) is 0 Å². The van der Waals surface area contributed by atoms with Gasteiger partial charge in [0, 0.05) is 13.5 Å². The fourth-order valence-corrected chi connectivity index (χ4v) is 1.71. The first-order valence-corrected chi connectivity index (χ1v) is 6.51. The van der Waals surface area contributed by atoms with Crippen LogP contribution in [-0.4, -0.2) is 30.4 Å². The number of aliphatic carboxylic acids is 1. The Morgan fingerprint density at radius 2 is 1.50 bits per heavy atom. The van der Waals surface area contributed by atoms with E-state index in [0.29, 0.717) is 6.42 Å². The van der Waals surface area contributed by atoms with E-state index >= 15 is 0 Å². The predicted octanol–water partition coefficient (Wildman–Crippen LogP) is -1.66. The van der Waals surface area contributed by atoms with E-state index in [-0.39, 0.29) is 42.0 Å². The van der Waals surface area contributed by atoms with Crippen molar-refractivity contribution < 1.29 is 44.3 Å². The molecule has 0 aliphatic heterocycles. The zero-order valence-electron chi connectivity index (χ0n) is 12.0. The van der Waals surface area contributed by atoms with Gasteiger partial charge in [-0.25, -0.2) is 0 Å². The quantitative estimate of drug-likeness (QED) is 0.351. The molecule has 0 atom stereocenters. The Bertz CT molecular complexity index is 234. The van der Waals surface area contributed by atoms with Gasteiger partial charge < -0.3 is 14.8 Å². The van der Waals surface area contributed by atoms with Gasteiger partial charge in [-0.05, 0) is 6.42 Å². The molecule has 0 N–H and O–H groups in total. The number of hydrogen-bond acceptors (Lipinski definition) is 3. The number of carbonyl (C=O) groups is 2. The monoisotopic (exact) mass is 265 g/mol. The van der Waals surface area contributed by atoms with Gasteiger partial charge in [-0.15, -0.1) is 0 Å². The molecule has 0 unspecified atom stereocenters. The van der Waals surface area contributed by atoms with Crippen LogP contribution in [0.15, 0.2) is 0 Å². The second-order valence-corrected chi connectivity index (χ2v) is 4.49. The molecule has 0 saturated carbocycles. The van der Waals surface area contributed by atoms with Crippen molar-refractivity contribution in [2.24, 2.45) is 0 Å². The molecule has 0 aliphatic rings. The standard InChI is InChI=1S/C13H25NO3.Na/c1-3-4-5-6-7-8-9-10-12(15)14(2)11-13(16)17;/h3-11H2,1-2H3,(H,16,17);/q;+1/p-1. The molecular weight excluding hydrogens is 241 g/mol. The maximum atomic E-state index is 11.4. The minimum absolute atomic E-state index is 0. The fraction of sp³-hybridized carbons (Fsp3) is 0.846. The van der Waals surface area contributed by atoms with Crippen molar-refractivity contribution in [1.82, 2.24) is 4.90 Å². The van der Waals surface area contributed by atoms with Crippen LogP contribution in [0, 0.1) is 0 Å². The Morgan fingerprint density at radius 1 is 1.00 bits per heavy atom. The number of likely N-dealkylation sites (N-methyl/N-ethyl adjacent to an activating group) is 1. The van der Waals surface area contributed by atoms with Gasteiger partial charge in [-0.1, -0.05) is 45.4 Å². The van der Waals surface area contributed by atoms with Crippen molar-refractivity contribution in [3.63, 3.8) is 0 Å². The molecule has 0 aliphatic carbocycles. The Labute approximate surface area is 132 Å². The molecular formula is C13H24NNaO3. The summed E-state index contributed by atoms with van der Waals surface area (Å²) in [6, 6.07) is 0. The molecule has 0 saturated heterocycles. The molecule has 0 rings (SSSR count). The molecule has 0 aromatic rings. The van der Waals surface area contributed by atoms with Crippen molar-refractivity contribution in [1.29, 1.82) is 0 Å². The maximum Gasteiger partial charge on any atom is 1.00 e. The maximum absolute atomic E-state index is 11.4. The van der Waals surface area contributed by atoms with Crippen LogP contribution in [-0.2, 0) is 9.59 Å². The summed E-state index contributed by atoms with van der Waals surface area (Å²) in [7, 11) is 1.50. The van der Waals surface area contributed by atoms with E-state index in [2.05, 4.69) is 6.92 Å². The summed E-state index contributed by atoms with van der Waals surface area (Å²) in [6.07, 6.45) is 8.54. The Balaban J connectivity index is 0. The van der Waals surface area contributed by atoms with Gasteiger partial charge in [-0.3, -0.25) is 4.79 Å². The van der Waals surface area contributed by atoms with Gasteiger partial charge >= 0.3 is 29.6 Å². The molecule has 0 aromatic heterocycles. The molecule has 0 spiro atoms. The summed E-state index contributed by atoms with van der Waals surface area (Å²) in [5.41, 5.74) is 0. The number of nitrogens with zero attached hydrogens (tertiary/aromatic N) is 1. The molecule has 0 bridgehead atoms. The SMILES string of the molecule is CCCCCCCCCC(=O)N(C)CC(=O)[O-].[Na+]. The fourth-order valence-electron chi connectivity index (χ4n) is 1.71. The van der Waals surface area contributed by atoms with E-state index in [1.165, 1.54) is 37.6 Å². The Hall–Kier alpha value is -0.0600. The van der Waals surface area contributed by atoms with Gasteiger partial charge in [0.25, 0.3) is 0 Å². The van der Waals surface area contributed by atoms with Crippen LogP contribution in [0.4, 0.5) is 0 Å². The van der Waals surface area contributed by atoms with Crippen molar-refractivity contribution in [2.75, 3.05) is 13.6 Å². The van der Waals surface area contributed by atoms with E-state index in [1.54, 1.807) is 0 Å². The van der Waals surface area contributed by atoms with Crippen LogP contribution in [0.2, 0.25) is 0 Å². The summed E-state index contributed by atoms with van der Waals surface area (Å²) in [5.74, 6) is -1.32. The molecule has 0 heterocycles. The first kappa shape index (κ1) is 20.3. The third-order valence-electron chi connectivity index (χ3n) is 2.79. The molecule has 0 fully saturated rings. The van der Waals surface area contributed by atoms with Crippen LogP contribution < -0.4 is 34.7 Å².